The van der Waals surface area contributed by atoms with Crippen molar-refractivity contribution in [1.29, 1.82) is 0 Å². The summed E-state index contributed by atoms with van der Waals surface area (Å²) < 4.78 is 5.06. The monoisotopic (exact) mass is 547 g/mol. The fourth-order valence-electron chi connectivity index (χ4n) is 3.20. The minimum Gasteiger partial charge on any atom is -0.480 e. The predicted octanol–water partition coefficient (Wildman–Crippen LogP) is 3.03. The number of ether oxygens (including phenoxy) is 1. The summed E-state index contributed by atoms with van der Waals surface area (Å²) in [6.07, 6.45) is -0.357. The van der Waals surface area contributed by atoms with Crippen LogP contribution in [0.3, 0.4) is 0 Å². The van der Waals surface area contributed by atoms with Crippen LogP contribution in [-0.4, -0.2) is 52.9 Å². The standard InChI is InChI=1S/C25H31N3O6.C2H3ClO/c1-17(2)13-20(23(30)28-21(24(31)32)14-18-9-5-3-6-10-18)27-22(29)15-26-25(33)34-16-19-11-7-4-8-12-19;1-2(3)4/h3-12,17,20-21H,13-16H2,1-2H3,(H,26,33)(H,27,29)(H,28,30)(H,31,32);1H3/t20-,21-;/m0./s1. The van der Waals surface area contributed by atoms with Crippen LogP contribution in [0.15, 0.2) is 60.7 Å². The van der Waals surface area contributed by atoms with E-state index in [9.17, 15) is 29.1 Å². The lowest BCUT2D eigenvalue weighted by molar-refractivity contribution is -0.142. The Kier molecular flexibility index (Phi) is 14.8. The van der Waals surface area contributed by atoms with Gasteiger partial charge in [-0.2, -0.15) is 0 Å². The van der Waals surface area contributed by atoms with E-state index < -0.39 is 36.0 Å². The van der Waals surface area contributed by atoms with Crippen molar-refractivity contribution < 1.29 is 33.8 Å². The second-order valence-corrected chi connectivity index (χ2v) is 9.26. The number of benzene rings is 2. The Bertz CT molecular complexity index is 1050. The molecule has 0 aliphatic heterocycles. The molecule has 10 nitrogen and oxygen atoms in total. The summed E-state index contributed by atoms with van der Waals surface area (Å²) in [5, 5.41) is 16.6. The van der Waals surface area contributed by atoms with E-state index in [1.807, 2.05) is 38.1 Å². The number of amides is 3. The molecule has 0 heterocycles. The molecular formula is C27H34ClN3O7. The largest absolute Gasteiger partial charge is 0.480 e. The molecule has 2 rings (SSSR count). The number of alkyl carbamates (subject to hydrolysis) is 1. The van der Waals surface area contributed by atoms with Gasteiger partial charge in [-0.05, 0) is 35.1 Å². The summed E-state index contributed by atoms with van der Waals surface area (Å²) in [6.45, 7) is 4.72. The van der Waals surface area contributed by atoms with Gasteiger partial charge in [-0.15, -0.1) is 0 Å². The van der Waals surface area contributed by atoms with Crippen LogP contribution in [-0.2, 0) is 36.9 Å². The third-order valence-electron chi connectivity index (χ3n) is 4.86. The number of halogens is 1. The van der Waals surface area contributed by atoms with Crippen molar-refractivity contribution in [2.24, 2.45) is 5.92 Å². The van der Waals surface area contributed by atoms with Gasteiger partial charge in [-0.1, -0.05) is 74.5 Å². The molecule has 0 fully saturated rings. The molecule has 0 unspecified atom stereocenters. The number of nitrogens with one attached hydrogen (secondary N) is 3. The highest BCUT2D eigenvalue weighted by atomic mass is 35.5. The smallest absolute Gasteiger partial charge is 0.407 e. The van der Waals surface area contributed by atoms with E-state index in [1.165, 1.54) is 6.92 Å². The highest BCUT2D eigenvalue weighted by Crippen LogP contribution is 2.08. The number of carbonyl (C=O) groups excluding carboxylic acids is 4. The molecule has 0 saturated heterocycles. The average molecular weight is 548 g/mol. The van der Waals surface area contributed by atoms with Crippen LogP contribution in [0.2, 0.25) is 0 Å². The predicted molar refractivity (Wildman–Crippen MR) is 142 cm³/mol. The fourth-order valence-corrected chi connectivity index (χ4v) is 3.20. The van der Waals surface area contributed by atoms with Crippen LogP contribution in [0.1, 0.15) is 38.3 Å². The first-order valence-electron chi connectivity index (χ1n) is 11.9. The van der Waals surface area contributed by atoms with Crippen molar-refractivity contribution in [2.45, 2.75) is 52.3 Å². The van der Waals surface area contributed by atoms with E-state index >= 15 is 0 Å². The molecule has 206 valence electrons. The molecule has 38 heavy (non-hydrogen) atoms. The summed E-state index contributed by atoms with van der Waals surface area (Å²) in [6, 6.07) is 15.9. The number of rotatable bonds is 12. The Labute approximate surface area is 227 Å². The molecule has 0 aliphatic rings. The molecule has 2 aromatic carbocycles. The third-order valence-corrected chi connectivity index (χ3v) is 4.86. The number of carboxylic acids is 1. The zero-order valence-electron chi connectivity index (χ0n) is 21.6. The summed E-state index contributed by atoms with van der Waals surface area (Å²) in [5.74, 6) is -2.31. The van der Waals surface area contributed by atoms with Crippen molar-refractivity contribution in [2.75, 3.05) is 6.54 Å². The van der Waals surface area contributed by atoms with Crippen molar-refractivity contribution in [3.05, 3.63) is 71.8 Å². The van der Waals surface area contributed by atoms with Crippen LogP contribution >= 0.6 is 11.6 Å². The molecule has 0 spiro atoms. The molecule has 0 aliphatic carbocycles. The first-order valence-corrected chi connectivity index (χ1v) is 12.3. The van der Waals surface area contributed by atoms with Gasteiger partial charge in [0.25, 0.3) is 0 Å². The zero-order chi connectivity index (χ0) is 28.5. The van der Waals surface area contributed by atoms with E-state index in [2.05, 4.69) is 27.6 Å². The van der Waals surface area contributed by atoms with Gasteiger partial charge in [-0.25, -0.2) is 9.59 Å². The lowest BCUT2D eigenvalue weighted by Crippen LogP contribution is -2.54. The highest BCUT2D eigenvalue weighted by Gasteiger charge is 2.27. The van der Waals surface area contributed by atoms with Gasteiger partial charge >= 0.3 is 12.1 Å². The van der Waals surface area contributed by atoms with Crippen LogP contribution in [0.5, 0.6) is 0 Å². The van der Waals surface area contributed by atoms with Crippen LogP contribution in [0, 0.1) is 5.92 Å². The van der Waals surface area contributed by atoms with Gasteiger partial charge in [0, 0.05) is 13.3 Å². The first-order chi connectivity index (χ1) is 18.0. The fraction of sp³-hybridized carbons (Fsp3) is 0.370. The molecule has 3 amide bonds. The number of carboxylic acid groups (broad SMARTS) is 1. The average Bonchev–Trinajstić information content (AvgIpc) is 2.86. The molecule has 2 aromatic rings. The minimum atomic E-state index is -1.17. The van der Waals surface area contributed by atoms with Gasteiger partial charge in [0.1, 0.15) is 25.2 Å². The number of hydrogen-bond acceptors (Lipinski definition) is 6. The minimum absolute atomic E-state index is 0.0530. The number of carbonyl (C=O) groups is 5. The molecule has 4 N–H and O–H groups in total. The van der Waals surface area contributed by atoms with E-state index in [0.717, 1.165) is 11.1 Å². The molecule has 0 saturated carbocycles. The highest BCUT2D eigenvalue weighted by molar-refractivity contribution is 6.62. The van der Waals surface area contributed by atoms with Crippen molar-refractivity contribution >= 4 is 40.7 Å². The maximum absolute atomic E-state index is 12.8. The van der Waals surface area contributed by atoms with Gasteiger partial charge in [0.15, 0.2) is 0 Å². The Morgan fingerprint density at radius 1 is 0.868 bits per heavy atom. The maximum Gasteiger partial charge on any atom is 0.407 e. The molecule has 0 aromatic heterocycles. The molecule has 11 heteroatoms. The topological polar surface area (TPSA) is 151 Å². The Balaban J connectivity index is 0.00000168. The molecule has 0 radical (unpaired) electrons. The molecule has 2 atom stereocenters. The third kappa shape index (κ3) is 14.6. The second-order valence-electron chi connectivity index (χ2n) is 8.72. The summed E-state index contributed by atoms with van der Waals surface area (Å²) in [4.78, 5) is 57.9. The molecule has 0 bridgehead atoms. The van der Waals surface area contributed by atoms with Crippen LogP contribution in [0.4, 0.5) is 4.79 Å². The van der Waals surface area contributed by atoms with Crippen molar-refractivity contribution in [3.63, 3.8) is 0 Å². The van der Waals surface area contributed by atoms with E-state index in [1.54, 1.807) is 36.4 Å². The van der Waals surface area contributed by atoms with E-state index in [4.69, 9.17) is 4.74 Å². The first kappa shape index (κ1) is 32.1. The quantitative estimate of drug-likeness (QED) is 0.298. The van der Waals surface area contributed by atoms with Crippen molar-refractivity contribution in [1.82, 2.24) is 16.0 Å². The maximum atomic E-state index is 12.8. The molecular weight excluding hydrogens is 514 g/mol. The van der Waals surface area contributed by atoms with Gasteiger partial charge < -0.3 is 25.8 Å². The van der Waals surface area contributed by atoms with Gasteiger partial charge in [0.2, 0.25) is 17.1 Å². The number of aliphatic carboxylic acids is 1. The number of hydrogen-bond donors (Lipinski definition) is 4. The SMILES string of the molecule is CC(=O)Cl.CC(C)C[C@H](NC(=O)CNC(=O)OCc1ccccc1)C(=O)N[C@@H](Cc1ccccc1)C(=O)O. The lowest BCUT2D eigenvalue weighted by atomic mass is 10.0. The summed E-state index contributed by atoms with van der Waals surface area (Å²) in [7, 11) is 0. The van der Waals surface area contributed by atoms with Crippen LogP contribution < -0.4 is 16.0 Å². The Morgan fingerprint density at radius 2 is 1.39 bits per heavy atom. The van der Waals surface area contributed by atoms with Crippen molar-refractivity contribution in [3.8, 4) is 0 Å². The summed E-state index contributed by atoms with van der Waals surface area (Å²) >= 11 is 4.64. The lowest BCUT2D eigenvalue weighted by Gasteiger charge is -2.23. The van der Waals surface area contributed by atoms with Gasteiger partial charge in [-0.3, -0.25) is 14.4 Å². The Hall–Kier alpha value is -3.92. The summed E-state index contributed by atoms with van der Waals surface area (Å²) in [5.41, 5.74) is 1.57. The second kappa shape index (κ2) is 17.5. The zero-order valence-corrected chi connectivity index (χ0v) is 22.4. The van der Waals surface area contributed by atoms with E-state index in [0.29, 0.717) is 6.42 Å². The Morgan fingerprint density at radius 3 is 1.89 bits per heavy atom. The van der Waals surface area contributed by atoms with Gasteiger partial charge in [0.05, 0.1) is 0 Å². The van der Waals surface area contributed by atoms with E-state index in [-0.39, 0.29) is 30.7 Å². The normalized spacial score (nSPS) is 11.7. The van der Waals surface area contributed by atoms with Crippen LogP contribution in [0.25, 0.3) is 0 Å².